The lowest BCUT2D eigenvalue weighted by atomic mass is 9.82. The summed E-state index contributed by atoms with van der Waals surface area (Å²) in [6.45, 7) is 4.60. The third-order valence-electron chi connectivity index (χ3n) is 4.46. The second-order valence-electron chi connectivity index (χ2n) is 5.88. The normalized spacial score (nSPS) is 23.5. The van der Waals surface area contributed by atoms with Crippen molar-refractivity contribution in [3.05, 3.63) is 55.2 Å². The quantitative estimate of drug-likeness (QED) is 0.496. The van der Waals surface area contributed by atoms with E-state index in [4.69, 9.17) is 0 Å². The molecule has 0 amide bonds. The molecule has 1 aliphatic rings. The molecule has 0 fully saturated rings. The minimum absolute atomic E-state index is 0.343. The average Bonchev–Trinajstić information content (AvgIpc) is 2.52. The van der Waals surface area contributed by atoms with Crippen molar-refractivity contribution in [3.8, 4) is 0 Å². The molecule has 0 bridgehead atoms. The number of nitrogens with one attached hydrogen (secondary N) is 2. The summed E-state index contributed by atoms with van der Waals surface area (Å²) >= 11 is 4.74. The maximum Gasteiger partial charge on any atom is 0.0579 e. The lowest BCUT2D eigenvalue weighted by molar-refractivity contribution is 0.400. The van der Waals surface area contributed by atoms with Crippen molar-refractivity contribution < 1.29 is 0 Å². The zero-order valence-electron chi connectivity index (χ0n) is 12.7. The Morgan fingerprint density at radius 1 is 1.05 bits per heavy atom. The zero-order chi connectivity index (χ0) is 15.7. The predicted octanol–water partition coefficient (Wildman–Crippen LogP) is 5.89. The van der Waals surface area contributed by atoms with Gasteiger partial charge in [0, 0.05) is 30.5 Å². The Balaban J connectivity index is 1.96. The SMILES string of the molecule is CCC1Nc2ccc(I)cc2C(Nc2ccc(I)cc2)C1C. The summed E-state index contributed by atoms with van der Waals surface area (Å²) in [7, 11) is 0. The van der Waals surface area contributed by atoms with Gasteiger partial charge < -0.3 is 10.6 Å². The van der Waals surface area contributed by atoms with Crippen LogP contribution >= 0.6 is 45.2 Å². The van der Waals surface area contributed by atoms with E-state index in [1.54, 1.807) is 0 Å². The summed E-state index contributed by atoms with van der Waals surface area (Å²) in [6, 6.07) is 16.2. The Morgan fingerprint density at radius 2 is 1.73 bits per heavy atom. The van der Waals surface area contributed by atoms with E-state index in [-0.39, 0.29) is 0 Å². The van der Waals surface area contributed by atoms with Crippen LogP contribution in [-0.2, 0) is 0 Å². The summed E-state index contributed by atoms with van der Waals surface area (Å²) < 4.78 is 2.55. The van der Waals surface area contributed by atoms with Gasteiger partial charge in [-0.3, -0.25) is 0 Å². The standard InChI is InChI=1S/C18H20I2N2/c1-3-16-11(2)18(21-14-7-4-12(19)5-8-14)15-10-13(20)6-9-17(15)22-16/h4-11,16,18,21-22H,3H2,1-2H3. The first kappa shape index (κ1) is 16.4. The number of fused-ring (bicyclic) bond motifs is 1. The fourth-order valence-electron chi connectivity index (χ4n) is 3.18. The van der Waals surface area contributed by atoms with Crippen molar-refractivity contribution in [3.63, 3.8) is 0 Å². The average molecular weight is 518 g/mol. The minimum Gasteiger partial charge on any atom is -0.382 e. The van der Waals surface area contributed by atoms with Crippen molar-refractivity contribution in [2.24, 2.45) is 5.92 Å². The molecule has 3 atom stereocenters. The molecule has 0 spiro atoms. The van der Waals surface area contributed by atoms with Crippen LogP contribution in [0.25, 0.3) is 0 Å². The van der Waals surface area contributed by atoms with Crippen LogP contribution in [0.4, 0.5) is 11.4 Å². The molecule has 0 aromatic heterocycles. The highest BCUT2D eigenvalue weighted by Gasteiger charge is 2.32. The van der Waals surface area contributed by atoms with Crippen LogP contribution in [0.5, 0.6) is 0 Å². The van der Waals surface area contributed by atoms with E-state index >= 15 is 0 Å². The molecule has 0 radical (unpaired) electrons. The highest BCUT2D eigenvalue weighted by molar-refractivity contribution is 14.1. The molecule has 22 heavy (non-hydrogen) atoms. The monoisotopic (exact) mass is 518 g/mol. The summed E-state index contributed by atoms with van der Waals surface area (Å²) in [5, 5.41) is 7.46. The number of hydrogen-bond donors (Lipinski definition) is 2. The van der Waals surface area contributed by atoms with Crippen molar-refractivity contribution >= 4 is 56.6 Å². The van der Waals surface area contributed by atoms with Crippen molar-refractivity contribution in [1.82, 2.24) is 0 Å². The van der Waals surface area contributed by atoms with Gasteiger partial charge in [-0.25, -0.2) is 0 Å². The Labute approximate surface area is 159 Å². The number of halogens is 2. The van der Waals surface area contributed by atoms with Crippen LogP contribution in [-0.4, -0.2) is 6.04 Å². The van der Waals surface area contributed by atoms with Crippen LogP contribution < -0.4 is 10.6 Å². The van der Waals surface area contributed by atoms with E-state index in [9.17, 15) is 0 Å². The molecule has 1 aliphatic heterocycles. The summed E-state index contributed by atoms with van der Waals surface area (Å²) in [6.07, 6.45) is 1.14. The Hall–Kier alpha value is -0.500. The van der Waals surface area contributed by atoms with Crippen LogP contribution in [0, 0.1) is 13.1 Å². The Kier molecular flexibility index (Phi) is 5.17. The molecule has 2 N–H and O–H groups in total. The molecule has 2 aromatic carbocycles. The van der Waals surface area contributed by atoms with Gasteiger partial charge in [-0.2, -0.15) is 0 Å². The lowest BCUT2D eigenvalue weighted by Crippen LogP contribution is -2.38. The Bertz CT molecular complexity index is 655. The third kappa shape index (κ3) is 3.37. The molecule has 0 aliphatic carbocycles. The number of benzene rings is 2. The van der Waals surface area contributed by atoms with Gasteiger partial charge in [-0.05, 0) is 99.6 Å². The van der Waals surface area contributed by atoms with Crippen molar-refractivity contribution in [2.45, 2.75) is 32.4 Å². The van der Waals surface area contributed by atoms with Gasteiger partial charge in [-0.1, -0.05) is 13.8 Å². The van der Waals surface area contributed by atoms with Gasteiger partial charge in [-0.15, -0.1) is 0 Å². The van der Waals surface area contributed by atoms with E-state index in [2.05, 4.69) is 112 Å². The fraction of sp³-hybridized carbons (Fsp3) is 0.333. The van der Waals surface area contributed by atoms with E-state index in [1.165, 1.54) is 24.1 Å². The fourth-order valence-corrected chi connectivity index (χ4v) is 4.05. The summed E-state index contributed by atoms with van der Waals surface area (Å²) in [4.78, 5) is 0. The Morgan fingerprint density at radius 3 is 2.41 bits per heavy atom. The second kappa shape index (κ2) is 6.95. The molecule has 2 aromatic rings. The second-order valence-corrected chi connectivity index (χ2v) is 8.37. The zero-order valence-corrected chi connectivity index (χ0v) is 17.1. The predicted molar refractivity (Wildman–Crippen MR) is 112 cm³/mol. The molecule has 0 saturated heterocycles. The van der Waals surface area contributed by atoms with Gasteiger partial charge >= 0.3 is 0 Å². The first-order valence-electron chi connectivity index (χ1n) is 7.66. The summed E-state index contributed by atoms with van der Waals surface area (Å²) in [5.41, 5.74) is 3.84. The molecule has 2 nitrogen and oxygen atoms in total. The van der Waals surface area contributed by atoms with Gasteiger partial charge in [0.25, 0.3) is 0 Å². The van der Waals surface area contributed by atoms with Gasteiger partial charge in [0.2, 0.25) is 0 Å². The van der Waals surface area contributed by atoms with Gasteiger partial charge in [0.15, 0.2) is 0 Å². The largest absolute Gasteiger partial charge is 0.382 e. The number of anilines is 2. The molecule has 3 unspecified atom stereocenters. The lowest BCUT2D eigenvalue weighted by Gasteiger charge is -2.39. The van der Waals surface area contributed by atoms with E-state index < -0.39 is 0 Å². The minimum atomic E-state index is 0.343. The molecular formula is C18H20I2N2. The molecule has 1 heterocycles. The van der Waals surface area contributed by atoms with E-state index in [0.29, 0.717) is 18.0 Å². The number of hydrogen-bond acceptors (Lipinski definition) is 2. The molecule has 4 heteroatoms. The van der Waals surface area contributed by atoms with Crippen LogP contribution in [0.2, 0.25) is 0 Å². The molecule has 116 valence electrons. The van der Waals surface area contributed by atoms with Crippen molar-refractivity contribution in [2.75, 3.05) is 10.6 Å². The smallest absolute Gasteiger partial charge is 0.0579 e. The van der Waals surface area contributed by atoms with Crippen LogP contribution in [0.3, 0.4) is 0 Å². The van der Waals surface area contributed by atoms with E-state index in [0.717, 1.165) is 6.42 Å². The number of rotatable bonds is 3. The van der Waals surface area contributed by atoms with Crippen LogP contribution in [0.1, 0.15) is 31.9 Å². The first-order chi connectivity index (χ1) is 10.6. The maximum atomic E-state index is 3.76. The molecule has 0 saturated carbocycles. The highest BCUT2D eigenvalue weighted by atomic mass is 127. The highest BCUT2D eigenvalue weighted by Crippen LogP contribution is 2.40. The molecular weight excluding hydrogens is 498 g/mol. The maximum absolute atomic E-state index is 3.76. The summed E-state index contributed by atoms with van der Waals surface area (Å²) in [5.74, 6) is 0.537. The topological polar surface area (TPSA) is 24.1 Å². The van der Waals surface area contributed by atoms with Gasteiger partial charge in [0.05, 0.1) is 6.04 Å². The van der Waals surface area contributed by atoms with E-state index in [1.807, 2.05) is 0 Å². The van der Waals surface area contributed by atoms with Crippen molar-refractivity contribution in [1.29, 1.82) is 0 Å². The van der Waals surface area contributed by atoms with Crippen LogP contribution in [0.15, 0.2) is 42.5 Å². The van der Waals surface area contributed by atoms with Gasteiger partial charge in [0.1, 0.15) is 0 Å². The molecule has 3 rings (SSSR count). The first-order valence-corrected chi connectivity index (χ1v) is 9.82. The third-order valence-corrected chi connectivity index (χ3v) is 5.85.